The Morgan fingerprint density at radius 2 is 1.63 bits per heavy atom. The van der Waals surface area contributed by atoms with Gasteiger partial charge in [0, 0.05) is 18.1 Å². The van der Waals surface area contributed by atoms with Crippen LogP contribution in [0.4, 0.5) is 0 Å². The molecule has 0 aliphatic carbocycles. The van der Waals surface area contributed by atoms with Crippen molar-refractivity contribution in [3.05, 3.63) is 0 Å². The van der Waals surface area contributed by atoms with E-state index in [1.807, 2.05) is 0 Å². The zero-order valence-corrected chi connectivity index (χ0v) is 14.5. The number of hydrogen-bond acceptors (Lipinski definition) is 2. The third kappa shape index (κ3) is 7.31. The fourth-order valence-corrected chi connectivity index (χ4v) is 3.10. The lowest BCUT2D eigenvalue weighted by atomic mass is 9.96. The van der Waals surface area contributed by atoms with Crippen molar-refractivity contribution in [2.24, 2.45) is 5.92 Å². The summed E-state index contributed by atoms with van der Waals surface area (Å²) >= 11 is 0. The maximum absolute atomic E-state index is 3.77. The number of likely N-dealkylation sites (N-methyl/N-ethyl adjacent to an activating group) is 1. The zero-order chi connectivity index (χ0) is 14.8. The standard InChI is InChI=1S/C17H38N2/c1-8-11-16(18-12-9-2)17(10-3)19(7)15(6)13-14(4)5/h14-18H,8-13H2,1-7H3. The molecule has 2 nitrogen and oxygen atoms in total. The molecular formula is C17H38N2. The van der Waals surface area contributed by atoms with Crippen molar-refractivity contribution in [3.63, 3.8) is 0 Å². The van der Waals surface area contributed by atoms with Crippen molar-refractivity contribution < 1.29 is 0 Å². The molecule has 0 saturated carbocycles. The van der Waals surface area contributed by atoms with Crippen LogP contribution in [0.5, 0.6) is 0 Å². The van der Waals surface area contributed by atoms with Gasteiger partial charge in [0.2, 0.25) is 0 Å². The number of hydrogen-bond donors (Lipinski definition) is 1. The van der Waals surface area contributed by atoms with Crippen LogP contribution in [0.2, 0.25) is 0 Å². The van der Waals surface area contributed by atoms with Crippen LogP contribution in [0.1, 0.15) is 73.6 Å². The molecular weight excluding hydrogens is 232 g/mol. The van der Waals surface area contributed by atoms with Gasteiger partial charge in [0.15, 0.2) is 0 Å². The number of rotatable bonds is 11. The van der Waals surface area contributed by atoms with E-state index in [1.165, 1.54) is 32.1 Å². The molecule has 0 aliphatic heterocycles. The van der Waals surface area contributed by atoms with E-state index in [0.717, 1.165) is 12.5 Å². The van der Waals surface area contributed by atoms with Crippen LogP contribution in [-0.2, 0) is 0 Å². The molecule has 0 aromatic heterocycles. The second-order valence-corrected chi connectivity index (χ2v) is 6.47. The monoisotopic (exact) mass is 270 g/mol. The van der Waals surface area contributed by atoms with Crippen LogP contribution in [0, 0.1) is 5.92 Å². The van der Waals surface area contributed by atoms with Gasteiger partial charge in [-0.2, -0.15) is 0 Å². The van der Waals surface area contributed by atoms with E-state index in [0.29, 0.717) is 18.1 Å². The molecule has 0 spiro atoms. The molecule has 0 fully saturated rings. The minimum Gasteiger partial charge on any atom is -0.312 e. The van der Waals surface area contributed by atoms with Gasteiger partial charge in [0.25, 0.3) is 0 Å². The quantitative estimate of drug-likeness (QED) is 0.602. The van der Waals surface area contributed by atoms with Crippen LogP contribution in [0.25, 0.3) is 0 Å². The molecule has 3 unspecified atom stereocenters. The van der Waals surface area contributed by atoms with Gasteiger partial charge >= 0.3 is 0 Å². The van der Waals surface area contributed by atoms with Crippen molar-refractivity contribution in [2.45, 2.75) is 91.8 Å². The molecule has 116 valence electrons. The van der Waals surface area contributed by atoms with Gasteiger partial charge in [-0.3, -0.25) is 4.90 Å². The van der Waals surface area contributed by atoms with E-state index >= 15 is 0 Å². The van der Waals surface area contributed by atoms with E-state index in [4.69, 9.17) is 0 Å². The Hall–Kier alpha value is -0.0800. The molecule has 0 saturated heterocycles. The predicted octanol–water partition coefficient (Wildman–Crippen LogP) is 4.30. The average Bonchev–Trinajstić information content (AvgIpc) is 2.35. The average molecular weight is 271 g/mol. The molecule has 19 heavy (non-hydrogen) atoms. The zero-order valence-electron chi connectivity index (χ0n) is 14.5. The fourth-order valence-electron chi connectivity index (χ4n) is 3.10. The molecule has 0 aromatic rings. The van der Waals surface area contributed by atoms with Crippen molar-refractivity contribution in [1.82, 2.24) is 10.2 Å². The summed E-state index contributed by atoms with van der Waals surface area (Å²) in [6.45, 7) is 15.1. The molecule has 0 heterocycles. The van der Waals surface area contributed by atoms with Crippen molar-refractivity contribution in [3.8, 4) is 0 Å². The smallest absolute Gasteiger partial charge is 0.0246 e. The molecule has 0 aliphatic rings. The highest BCUT2D eigenvalue weighted by atomic mass is 15.2. The molecule has 0 rings (SSSR count). The van der Waals surface area contributed by atoms with E-state index in [2.05, 4.69) is 58.8 Å². The number of nitrogens with zero attached hydrogens (tertiary/aromatic N) is 1. The van der Waals surface area contributed by atoms with Gasteiger partial charge in [-0.1, -0.05) is 41.0 Å². The molecule has 2 heteroatoms. The summed E-state index contributed by atoms with van der Waals surface area (Å²) in [7, 11) is 2.32. The van der Waals surface area contributed by atoms with Gasteiger partial charge < -0.3 is 5.32 Å². The lowest BCUT2D eigenvalue weighted by molar-refractivity contribution is 0.124. The summed E-state index contributed by atoms with van der Waals surface area (Å²) in [5.41, 5.74) is 0. The summed E-state index contributed by atoms with van der Waals surface area (Å²) in [6, 6.07) is 1.99. The Labute approximate surface area is 122 Å². The Morgan fingerprint density at radius 1 is 1.00 bits per heavy atom. The highest BCUT2D eigenvalue weighted by molar-refractivity contribution is 4.84. The molecule has 0 amide bonds. The summed E-state index contributed by atoms with van der Waals surface area (Å²) in [5.74, 6) is 0.781. The first kappa shape index (κ1) is 18.9. The van der Waals surface area contributed by atoms with Crippen LogP contribution in [0.15, 0.2) is 0 Å². The van der Waals surface area contributed by atoms with Gasteiger partial charge in [0.05, 0.1) is 0 Å². The lowest BCUT2D eigenvalue weighted by Gasteiger charge is -2.39. The fraction of sp³-hybridized carbons (Fsp3) is 1.00. The molecule has 0 aromatic carbocycles. The van der Waals surface area contributed by atoms with Gasteiger partial charge in [0.1, 0.15) is 0 Å². The predicted molar refractivity (Wildman–Crippen MR) is 87.7 cm³/mol. The van der Waals surface area contributed by atoms with E-state index in [1.54, 1.807) is 0 Å². The molecule has 1 N–H and O–H groups in total. The maximum atomic E-state index is 3.77. The largest absolute Gasteiger partial charge is 0.312 e. The maximum Gasteiger partial charge on any atom is 0.0246 e. The van der Waals surface area contributed by atoms with Crippen LogP contribution in [0.3, 0.4) is 0 Å². The Balaban J connectivity index is 4.61. The minimum atomic E-state index is 0.648. The molecule has 3 atom stereocenters. The highest BCUT2D eigenvalue weighted by Crippen LogP contribution is 2.18. The normalized spacial score (nSPS) is 16.9. The molecule has 0 radical (unpaired) electrons. The molecule has 0 bridgehead atoms. The first-order valence-corrected chi connectivity index (χ1v) is 8.43. The van der Waals surface area contributed by atoms with Crippen molar-refractivity contribution >= 4 is 0 Å². The first-order valence-electron chi connectivity index (χ1n) is 8.43. The second kappa shape index (κ2) is 10.7. The van der Waals surface area contributed by atoms with Crippen LogP contribution < -0.4 is 5.32 Å². The van der Waals surface area contributed by atoms with Crippen molar-refractivity contribution in [2.75, 3.05) is 13.6 Å². The van der Waals surface area contributed by atoms with Gasteiger partial charge in [-0.05, 0) is 52.1 Å². The van der Waals surface area contributed by atoms with Crippen LogP contribution in [-0.4, -0.2) is 36.6 Å². The first-order chi connectivity index (χ1) is 8.97. The van der Waals surface area contributed by atoms with Crippen molar-refractivity contribution in [1.29, 1.82) is 0 Å². The second-order valence-electron chi connectivity index (χ2n) is 6.47. The van der Waals surface area contributed by atoms with E-state index in [-0.39, 0.29) is 0 Å². The van der Waals surface area contributed by atoms with Gasteiger partial charge in [-0.25, -0.2) is 0 Å². The highest BCUT2D eigenvalue weighted by Gasteiger charge is 2.25. The Bertz CT molecular complexity index is 203. The summed E-state index contributed by atoms with van der Waals surface area (Å²) < 4.78 is 0. The van der Waals surface area contributed by atoms with Gasteiger partial charge in [-0.15, -0.1) is 0 Å². The van der Waals surface area contributed by atoms with Crippen LogP contribution >= 0.6 is 0 Å². The Kier molecular flexibility index (Phi) is 10.6. The topological polar surface area (TPSA) is 15.3 Å². The Morgan fingerprint density at radius 3 is 2.05 bits per heavy atom. The number of nitrogens with one attached hydrogen (secondary N) is 1. The third-order valence-electron chi connectivity index (χ3n) is 4.17. The summed E-state index contributed by atoms with van der Waals surface area (Å²) in [4.78, 5) is 2.61. The van der Waals surface area contributed by atoms with E-state index in [9.17, 15) is 0 Å². The summed E-state index contributed by atoms with van der Waals surface area (Å²) in [6.07, 6.45) is 6.31. The van der Waals surface area contributed by atoms with E-state index < -0.39 is 0 Å². The lowest BCUT2D eigenvalue weighted by Crippen LogP contribution is -2.51. The minimum absolute atomic E-state index is 0.648. The summed E-state index contributed by atoms with van der Waals surface area (Å²) in [5, 5.41) is 3.77. The SMILES string of the molecule is CCCNC(CCC)C(CC)N(C)C(C)CC(C)C. The third-order valence-corrected chi connectivity index (χ3v) is 4.17.